The van der Waals surface area contributed by atoms with E-state index < -0.39 is 11.5 Å². The molecular weight excluding hydrogens is 328 g/mol. The van der Waals surface area contributed by atoms with E-state index in [-0.39, 0.29) is 24.8 Å². The van der Waals surface area contributed by atoms with E-state index in [1.165, 1.54) is 6.07 Å². The smallest absolute Gasteiger partial charge is 0.287 e. The Balaban J connectivity index is 2.35. The lowest BCUT2D eigenvalue weighted by Gasteiger charge is -2.25. The van der Waals surface area contributed by atoms with Crippen molar-refractivity contribution < 1.29 is 19.1 Å². The van der Waals surface area contributed by atoms with Gasteiger partial charge in [0.2, 0.25) is 5.91 Å². The molecule has 1 aromatic rings. The summed E-state index contributed by atoms with van der Waals surface area (Å²) in [7, 11) is 0. The van der Waals surface area contributed by atoms with Crippen molar-refractivity contribution in [2.45, 2.75) is 32.3 Å². The molecule has 0 atom stereocenters. The van der Waals surface area contributed by atoms with Gasteiger partial charge in [-0.2, -0.15) is 0 Å². The van der Waals surface area contributed by atoms with Crippen molar-refractivity contribution in [1.29, 1.82) is 0 Å². The third-order valence-corrected chi connectivity index (χ3v) is 3.56. The van der Waals surface area contributed by atoms with Gasteiger partial charge in [0.15, 0.2) is 10.4 Å². The van der Waals surface area contributed by atoms with Gasteiger partial charge in [0.25, 0.3) is 5.91 Å². The molecule has 0 aromatic carbocycles. The molecule has 0 saturated carbocycles. The number of carbonyl (C=O) groups is 2. The summed E-state index contributed by atoms with van der Waals surface area (Å²) in [5.74, 6) is -0.695. The molecule has 0 aliphatic rings. The zero-order valence-corrected chi connectivity index (χ0v) is 13.1. The molecule has 6 nitrogen and oxygen atoms in total. The van der Waals surface area contributed by atoms with E-state index in [2.05, 4.69) is 26.6 Å². The SMILES string of the molecule is CCC(O)(CC)CNC(=O)CNC(=O)c1ccc(Br)o1. The number of nitrogens with one attached hydrogen (secondary N) is 2. The number of hydrogen-bond acceptors (Lipinski definition) is 4. The summed E-state index contributed by atoms with van der Waals surface area (Å²) in [6.07, 6.45) is 1.10. The molecule has 0 bridgehead atoms. The van der Waals surface area contributed by atoms with Crippen LogP contribution in [0.5, 0.6) is 0 Å². The Morgan fingerprint density at radius 2 is 1.95 bits per heavy atom. The van der Waals surface area contributed by atoms with Gasteiger partial charge in [0.05, 0.1) is 12.1 Å². The van der Waals surface area contributed by atoms with Gasteiger partial charge < -0.3 is 20.2 Å². The molecule has 0 aliphatic heterocycles. The molecular formula is C13H19BrN2O4. The van der Waals surface area contributed by atoms with E-state index in [0.717, 1.165) is 0 Å². The second kappa shape index (κ2) is 7.44. The third kappa shape index (κ3) is 4.97. The second-order valence-electron chi connectivity index (χ2n) is 4.49. The summed E-state index contributed by atoms with van der Waals surface area (Å²) in [4.78, 5) is 23.2. The summed E-state index contributed by atoms with van der Waals surface area (Å²) in [5, 5.41) is 15.0. The number of furan rings is 1. The lowest BCUT2D eigenvalue weighted by atomic mass is 9.98. The van der Waals surface area contributed by atoms with Crippen molar-refractivity contribution in [2.24, 2.45) is 0 Å². The van der Waals surface area contributed by atoms with Crippen LogP contribution in [0.25, 0.3) is 0 Å². The van der Waals surface area contributed by atoms with E-state index in [4.69, 9.17) is 4.42 Å². The Hall–Kier alpha value is -1.34. The maximum atomic E-state index is 11.6. The molecule has 0 radical (unpaired) electrons. The van der Waals surface area contributed by atoms with Crippen molar-refractivity contribution in [2.75, 3.05) is 13.1 Å². The third-order valence-electron chi connectivity index (χ3n) is 3.14. The number of amides is 2. The highest BCUT2D eigenvalue weighted by molar-refractivity contribution is 9.10. The highest BCUT2D eigenvalue weighted by Gasteiger charge is 2.22. The van der Waals surface area contributed by atoms with Gasteiger partial charge in [0.1, 0.15) is 0 Å². The fourth-order valence-electron chi connectivity index (χ4n) is 1.51. The number of rotatable bonds is 7. The highest BCUT2D eigenvalue weighted by atomic mass is 79.9. The molecule has 1 rings (SSSR count). The molecule has 0 saturated heterocycles. The maximum absolute atomic E-state index is 11.6. The fraction of sp³-hybridized carbons (Fsp3) is 0.538. The van der Waals surface area contributed by atoms with Crippen molar-refractivity contribution in [3.05, 3.63) is 22.6 Å². The van der Waals surface area contributed by atoms with E-state index in [9.17, 15) is 14.7 Å². The first-order valence-electron chi connectivity index (χ1n) is 6.43. The van der Waals surface area contributed by atoms with Crippen LogP contribution in [-0.2, 0) is 4.79 Å². The Bertz CT molecular complexity index is 469. The highest BCUT2D eigenvalue weighted by Crippen LogP contribution is 2.14. The summed E-state index contributed by atoms with van der Waals surface area (Å²) < 4.78 is 5.51. The van der Waals surface area contributed by atoms with Crippen LogP contribution in [0.15, 0.2) is 21.2 Å². The lowest BCUT2D eigenvalue weighted by molar-refractivity contribution is -0.121. The monoisotopic (exact) mass is 346 g/mol. The molecule has 3 N–H and O–H groups in total. The molecule has 0 aliphatic carbocycles. The van der Waals surface area contributed by atoms with Crippen LogP contribution in [0, 0.1) is 0 Å². The van der Waals surface area contributed by atoms with Crippen LogP contribution in [0.4, 0.5) is 0 Å². The van der Waals surface area contributed by atoms with Gasteiger partial charge in [-0.05, 0) is 40.9 Å². The first-order chi connectivity index (χ1) is 9.40. The minimum Gasteiger partial charge on any atom is -0.444 e. The van der Waals surface area contributed by atoms with Crippen molar-refractivity contribution >= 4 is 27.7 Å². The number of halogens is 1. The number of aliphatic hydroxyl groups is 1. The number of hydrogen-bond donors (Lipinski definition) is 3. The van der Waals surface area contributed by atoms with Crippen LogP contribution < -0.4 is 10.6 Å². The van der Waals surface area contributed by atoms with Gasteiger partial charge in [-0.25, -0.2) is 0 Å². The van der Waals surface area contributed by atoms with Gasteiger partial charge in [-0.3, -0.25) is 9.59 Å². The molecule has 0 fully saturated rings. The number of carbonyl (C=O) groups excluding carboxylic acids is 2. The predicted octanol–water partition coefficient (Wildman–Crippen LogP) is 1.44. The van der Waals surface area contributed by atoms with Gasteiger partial charge >= 0.3 is 0 Å². The topological polar surface area (TPSA) is 91.6 Å². The van der Waals surface area contributed by atoms with Crippen LogP contribution in [0.1, 0.15) is 37.2 Å². The predicted molar refractivity (Wildman–Crippen MR) is 77.3 cm³/mol. The van der Waals surface area contributed by atoms with Crippen LogP contribution in [0.3, 0.4) is 0 Å². The summed E-state index contributed by atoms with van der Waals surface area (Å²) in [6, 6.07) is 3.10. The molecule has 20 heavy (non-hydrogen) atoms. The molecule has 1 heterocycles. The first kappa shape index (κ1) is 16.7. The fourth-order valence-corrected chi connectivity index (χ4v) is 1.82. The largest absolute Gasteiger partial charge is 0.444 e. The van der Waals surface area contributed by atoms with E-state index in [1.807, 2.05) is 13.8 Å². The zero-order valence-electron chi connectivity index (χ0n) is 11.5. The Morgan fingerprint density at radius 1 is 1.30 bits per heavy atom. The van der Waals surface area contributed by atoms with Crippen molar-refractivity contribution in [1.82, 2.24) is 10.6 Å². The molecule has 112 valence electrons. The summed E-state index contributed by atoms with van der Waals surface area (Å²) in [6.45, 7) is 3.71. The van der Waals surface area contributed by atoms with E-state index >= 15 is 0 Å². The Morgan fingerprint density at radius 3 is 2.45 bits per heavy atom. The van der Waals surface area contributed by atoms with E-state index in [1.54, 1.807) is 6.07 Å². The quantitative estimate of drug-likeness (QED) is 0.696. The summed E-state index contributed by atoms with van der Waals surface area (Å²) in [5.41, 5.74) is -0.897. The molecule has 0 unspecified atom stereocenters. The molecule has 2 amide bonds. The Labute approximate surface area is 126 Å². The molecule has 7 heteroatoms. The normalized spacial score (nSPS) is 11.2. The van der Waals surface area contributed by atoms with Gasteiger partial charge in [-0.15, -0.1) is 0 Å². The molecule has 0 spiro atoms. The average molecular weight is 347 g/mol. The van der Waals surface area contributed by atoms with Gasteiger partial charge in [0, 0.05) is 6.54 Å². The summed E-state index contributed by atoms with van der Waals surface area (Å²) >= 11 is 3.09. The second-order valence-corrected chi connectivity index (χ2v) is 5.28. The maximum Gasteiger partial charge on any atom is 0.287 e. The van der Waals surface area contributed by atoms with Gasteiger partial charge in [-0.1, -0.05) is 13.8 Å². The van der Waals surface area contributed by atoms with Crippen LogP contribution in [-0.4, -0.2) is 35.6 Å². The minimum absolute atomic E-state index is 0.128. The van der Waals surface area contributed by atoms with E-state index in [0.29, 0.717) is 17.5 Å². The van der Waals surface area contributed by atoms with Crippen LogP contribution in [0.2, 0.25) is 0 Å². The van der Waals surface area contributed by atoms with Crippen LogP contribution >= 0.6 is 15.9 Å². The lowest BCUT2D eigenvalue weighted by Crippen LogP contribution is -2.45. The average Bonchev–Trinajstić information content (AvgIpc) is 2.88. The Kier molecular flexibility index (Phi) is 6.22. The zero-order chi connectivity index (χ0) is 15.2. The first-order valence-corrected chi connectivity index (χ1v) is 7.22. The van der Waals surface area contributed by atoms with Crippen molar-refractivity contribution in [3.8, 4) is 0 Å². The molecule has 1 aromatic heterocycles. The van der Waals surface area contributed by atoms with Crippen molar-refractivity contribution in [3.63, 3.8) is 0 Å². The standard InChI is InChI=1S/C13H19BrN2O4/c1-3-13(19,4-2)8-16-11(17)7-15-12(18)9-5-6-10(14)20-9/h5-6,19H,3-4,7-8H2,1-2H3,(H,15,18)(H,16,17). The minimum atomic E-state index is -0.897.